The smallest absolute Gasteiger partial charge is 0.0880 e. The van der Waals surface area contributed by atoms with Crippen molar-refractivity contribution in [2.75, 3.05) is 23.0 Å². The van der Waals surface area contributed by atoms with Crippen LogP contribution in [0.2, 0.25) is 0 Å². The zero-order valence-electron chi connectivity index (χ0n) is 13.6. The van der Waals surface area contributed by atoms with E-state index in [4.69, 9.17) is 0 Å². The Kier molecular flexibility index (Phi) is 9.06. The second-order valence-corrected chi connectivity index (χ2v) is 7.55. The van der Waals surface area contributed by atoms with Gasteiger partial charge in [-0.2, -0.15) is 23.5 Å². The van der Waals surface area contributed by atoms with Gasteiger partial charge in [0.15, 0.2) is 0 Å². The van der Waals surface area contributed by atoms with Gasteiger partial charge < -0.3 is 10.2 Å². The van der Waals surface area contributed by atoms with Gasteiger partial charge >= 0.3 is 0 Å². The lowest BCUT2D eigenvalue weighted by atomic mass is 10.1. The number of benzene rings is 2. The van der Waals surface area contributed by atoms with E-state index in [1.807, 2.05) is 60.7 Å². The summed E-state index contributed by atoms with van der Waals surface area (Å²) in [5.74, 6) is 3.19. The molecule has 0 aliphatic carbocycles. The van der Waals surface area contributed by atoms with E-state index >= 15 is 0 Å². The maximum Gasteiger partial charge on any atom is 0.0880 e. The molecule has 2 unspecified atom stereocenters. The van der Waals surface area contributed by atoms with E-state index < -0.39 is 12.2 Å². The van der Waals surface area contributed by atoms with Crippen LogP contribution in [0.25, 0.3) is 0 Å². The molecule has 0 saturated heterocycles. The molecule has 0 fully saturated rings. The summed E-state index contributed by atoms with van der Waals surface area (Å²) in [5.41, 5.74) is 1.94. The normalized spacial score (nSPS) is 13.9. The predicted octanol–water partition coefficient (Wildman–Crippen LogP) is 4.48. The molecule has 0 heterocycles. The van der Waals surface area contributed by atoms with Crippen molar-refractivity contribution in [2.24, 2.45) is 0 Å². The standard InChI is InChI=1S/C20H24O2S2/c21-19(17-9-3-1-4-10-17)15-23-13-7-8-14-24-16-20(22)18-11-5-2-6-12-18/h1-12,19-22H,13-16H2/b8-7+. The monoisotopic (exact) mass is 360 g/mol. The third-order valence-electron chi connectivity index (χ3n) is 3.51. The maximum absolute atomic E-state index is 10.1. The lowest BCUT2D eigenvalue weighted by molar-refractivity contribution is 0.204. The Morgan fingerprint density at radius 2 is 1.04 bits per heavy atom. The average molecular weight is 361 g/mol. The molecule has 2 nitrogen and oxygen atoms in total. The van der Waals surface area contributed by atoms with Crippen molar-refractivity contribution < 1.29 is 10.2 Å². The van der Waals surface area contributed by atoms with Crippen LogP contribution in [0.15, 0.2) is 72.8 Å². The van der Waals surface area contributed by atoms with E-state index in [1.165, 1.54) is 0 Å². The van der Waals surface area contributed by atoms with Crippen LogP contribution in [0, 0.1) is 0 Å². The van der Waals surface area contributed by atoms with Gasteiger partial charge in [-0.25, -0.2) is 0 Å². The molecule has 0 aromatic heterocycles. The maximum atomic E-state index is 10.1. The van der Waals surface area contributed by atoms with Gasteiger partial charge in [0.05, 0.1) is 12.2 Å². The molecule has 2 N–H and O–H groups in total. The van der Waals surface area contributed by atoms with Crippen LogP contribution in [0.5, 0.6) is 0 Å². The fraction of sp³-hybridized carbons (Fsp3) is 0.300. The Morgan fingerprint density at radius 3 is 1.42 bits per heavy atom. The number of rotatable bonds is 10. The van der Waals surface area contributed by atoms with E-state index in [-0.39, 0.29) is 0 Å². The van der Waals surface area contributed by atoms with Crippen molar-refractivity contribution in [3.63, 3.8) is 0 Å². The van der Waals surface area contributed by atoms with Crippen molar-refractivity contribution in [2.45, 2.75) is 12.2 Å². The highest BCUT2D eigenvalue weighted by atomic mass is 32.2. The number of aliphatic hydroxyl groups excluding tert-OH is 2. The van der Waals surface area contributed by atoms with Crippen molar-refractivity contribution in [1.29, 1.82) is 0 Å². The van der Waals surface area contributed by atoms with Crippen LogP contribution in [0.3, 0.4) is 0 Å². The summed E-state index contributed by atoms with van der Waals surface area (Å²) >= 11 is 3.44. The largest absolute Gasteiger partial charge is 0.388 e. The Balaban J connectivity index is 1.54. The number of thioether (sulfide) groups is 2. The minimum atomic E-state index is -0.403. The van der Waals surface area contributed by atoms with Gasteiger partial charge in [-0.05, 0) is 11.1 Å². The Hall–Kier alpha value is -1.20. The molecule has 2 rings (SSSR count). The van der Waals surface area contributed by atoms with Gasteiger partial charge in [0.1, 0.15) is 0 Å². The van der Waals surface area contributed by atoms with Crippen molar-refractivity contribution in [3.8, 4) is 0 Å². The number of aliphatic hydroxyl groups is 2. The third kappa shape index (κ3) is 7.14. The first kappa shape index (κ1) is 19.1. The van der Waals surface area contributed by atoms with Crippen molar-refractivity contribution >= 4 is 23.5 Å². The Labute approximate surface area is 153 Å². The predicted molar refractivity (Wildman–Crippen MR) is 107 cm³/mol. The minimum Gasteiger partial charge on any atom is -0.388 e. The van der Waals surface area contributed by atoms with Crippen LogP contribution in [-0.4, -0.2) is 33.2 Å². The summed E-state index contributed by atoms with van der Waals surface area (Å²) in [6, 6.07) is 19.5. The first-order valence-electron chi connectivity index (χ1n) is 8.04. The van der Waals surface area contributed by atoms with Crippen molar-refractivity contribution in [3.05, 3.63) is 83.9 Å². The highest BCUT2D eigenvalue weighted by Crippen LogP contribution is 2.19. The molecule has 2 aromatic carbocycles. The Morgan fingerprint density at radius 1 is 0.667 bits per heavy atom. The summed E-state index contributed by atoms with van der Waals surface area (Å²) < 4.78 is 0. The molecule has 0 radical (unpaired) electrons. The molecule has 2 aromatic rings. The summed E-state index contributed by atoms with van der Waals surface area (Å²) in [4.78, 5) is 0. The number of hydrogen-bond acceptors (Lipinski definition) is 4. The van der Waals surface area contributed by atoms with Crippen LogP contribution in [0.4, 0.5) is 0 Å². The molecule has 0 bridgehead atoms. The SMILES string of the molecule is OC(CSC/C=C/CSCC(O)c1ccccc1)c1ccccc1. The highest BCUT2D eigenvalue weighted by Gasteiger charge is 2.06. The van der Waals surface area contributed by atoms with Gasteiger partial charge in [-0.3, -0.25) is 0 Å². The minimum absolute atomic E-state index is 0.403. The van der Waals surface area contributed by atoms with E-state index in [9.17, 15) is 10.2 Å². The molecule has 0 aliphatic rings. The molecule has 0 saturated carbocycles. The molecule has 2 atom stereocenters. The topological polar surface area (TPSA) is 40.5 Å². The summed E-state index contributed by atoms with van der Waals surface area (Å²) in [6.07, 6.45) is 3.45. The second-order valence-electron chi connectivity index (χ2n) is 5.40. The quantitative estimate of drug-likeness (QED) is 0.484. The summed E-state index contributed by atoms with van der Waals surface area (Å²) in [7, 11) is 0. The third-order valence-corrected chi connectivity index (χ3v) is 5.47. The van der Waals surface area contributed by atoms with E-state index in [0.717, 1.165) is 22.6 Å². The second kappa shape index (κ2) is 11.4. The Bertz CT molecular complexity index is 534. The van der Waals surface area contributed by atoms with Crippen LogP contribution >= 0.6 is 23.5 Å². The van der Waals surface area contributed by atoms with Crippen LogP contribution in [0.1, 0.15) is 23.3 Å². The molecular formula is C20H24O2S2. The zero-order chi connectivity index (χ0) is 17.0. The summed E-state index contributed by atoms with van der Waals surface area (Å²) in [6.45, 7) is 0. The first-order chi connectivity index (χ1) is 11.8. The van der Waals surface area contributed by atoms with Crippen molar-refractivity contribution in [1.82, 2.24) is 0 Å². The van der Waals surface area contributed by atoms with Gasteiger partial charge in [0.25, 0.3) is 0 Å². The molecule has 0 amide bonds. The zero-order valence-corrected chi connectivity index (χ0v) is 15.3. The lowest BCUT2D eigenvalue weighted by Crippen LogP contribution is -2.00. The fourth-order valence-electron chi connectivity index (χ4n) is 2.17. The van der Waals surface area contributed by atoms with Gasteiger partial charge in [-0.1, -0.05) is 72.8 Å². The van der Waals surface area contributed by atoms with Gasteiger partial charge in [-0.15, -0.1) is 0 Å². The first-order valence-corrected chi connectivity index (χ1v) is 10.3. The molecule has 4 heteroatoms. The fourth-order valence-corrected chi connectivity index (χ4v) is 3.82. The molecule has 24 heavy (non-hydrogen) atoms. The highest BCUT2D eigenvalue weighted by molar-refractivity contribution is 7.99. The van der Waals surface area contributed by atoms with Crippen LogP contribution < -0.4 is 0 Å². The molecule has 0 spiro atoms. The van der Waals surface area contributed by atoms with Crippen LogP contribution in [-0.2, 0) is 0 Å². The van der Waals surface area contributed by atoms with Gasteiger partial charge in [0.2, 0.25) is 0 Å². The summed E-state index contributed by atoms with van der Waals surface area (Å²) in [5, 5.41) is 20.1. The molecule has 128 valence electrons. The lowest BCUT2D eigenvalue weighted by Gasteiger charge is -2.09. The van der Waals surface area contributed by atoms with Gasteiger partial charge in [0, 0.05) is 23.0 Å². The van der Waals surface area contributed by atoms with E-state index in [0.29, 0.717) is 11.5 Å². The van der Waals surface area contributed by atoms with E-state index in [1.54, 1.807) is 23.5 Å². The van der Waals surface area contributed by atoms with E-state index in [2.05, 4.69) is 12.2 Å². The number of hydrogen-bond donors (Lipinski definition) is 2. The molecular weight excluding hydrogens is 336 g/mol. The average Bonchev–Trinajstić information content (AvgIpc) is 2.65. The molecule has 0 aliphatic heterocycles.